The van der Waals surface area contributed by atoms with Crippen LogP contribution in [-0.2, 0) is 0 Å². The van der Waals surface area contributed by atoms with Crippen molar-refractivity contribution in [1.29, 1.82) is 0 Å². The van der Waals surface area contributed by atoms with Crippen molar-refractivity contribution in [1.82, 2.24) is 9.78 Å². The Morgan fingerprint density at radius 2 is 1.89 bits per heavy atom. The van der Waals surface area contributed by atoms with E-state index < -0.39 is 0 Å². The van der Waals surface area contributed by atoms with Gasteiger partial charge in [-0.2, -0.15) is 5.10 Å². The molecule has 2 aromatic rings. The number of aromatic nitrogens is 2. The maximum absolute atomic E-state index is 6.17. The maximum Gasteiger partial charge on any atom is 0.122 e. The number of anilines is 1. The van der Waals surface area contributed by atoms with Gasteiger partial charge in [-0.05, 0) is 51.8 Å². The molecule has 2 N–H and O–H groups in total. The summed E-state index contributed by atoms with van der Waals surface area (Å²) in [7, 11) is 0. The molecule has 1 aromatic carbocycles. The number of nitrogens with two attached hydrogens (primary N) is 1. The van der Waals surface area contributed by atoms with Crippen molar-refractivity contribution < 1.29 is 0 Å². The van der Waals surface area contributed by atoms with Crippen LogP contribution in [0.1, 0.15) is 36.7 Å². The molecular weight excluding hydrogens is 254 g/mol. The average Bonchev–Trinajstić information content (AvgIpc) is 2.62. The van der Waals surface area contributed by atoms with Gasteiger partial charge >= 0.3 is 0 Å². The molecule has 0 aliphatic heterocycles. The van der Waals surface area contributed by atoms with E-state index in [0.717, 1.165) is 16.4 Å². The highest BCUT2D eigenvalue weighted by Gasteiger charge is 2.16. The summed E-state index contributed by atoms with van der Waals surface area (Å²) in [5, 5.41) is 5.57. The molecule has 2 rings (SSSR count). The highest BCUT2D eigenvalue weighted by Crippen LogP contribution is 2.37. The van der Waals surface area contributed by atoms with E-state index in [-0.39, 0.29) is 0 Å². The molecule has 0 aliphatic rings. The lowest BCUT2D eigenvalue weighted by molar-refractivity contribution is 0.491. The van der Waals surface area contributed by atoms with Crippen LogP contribution in [0, 0.1) is 20.8 Å². The first-order valence-electron chi connectivity index (χ1n) is 6.50. The first kappa shape index (κ1) is 14.0. The Labute approximate surface area is 119 Å². The average molecular weight is 275 g/mol. The fraction of sp³-hybridized carbons (Fsp3) is 0.400. The van der Waals surface area contributed by atoms with Crippen molar-refractivity contribution in [2.45, 2.75) is 50.6 Å². The van der Waals surface area contributed by atoms with Crippen LogP contribution in [0.2, 0.25) is 0 Å². The molecule has 0 atom stereocenters. The minimum Gasteiger partial charge on any atom is -0.395 e. The van der Waals surface area contributed by atoms with Gasteiger partial charge in [-0.15, -0.1) is 0 Å². The zero-order valence-electron chi connectivity index (χ0n) is 12.2. The van der Waals surface area contributed by atoms with E-state index in [4.69, 9.17) is 5.73 Å². The molecule has 0 bridgehead atoms. The molecule has 1 heterocycles. The largest absolute Gasteiger partial charge is 0.395 e. The van der Waals surface area contributed by atoms with Crippen molar-refractivity contribution in [3.8, 4) is 0 Å². The van der Waals surface area contributed by atoms with Crippen LogP contribution in [0.5, 0.6) is 0 Å². The Kier molecular flexibility index (Phi) is 3.90. The second-order valence-corrected chi connectivity index (χ2v) is 6.24. The summed E-state index contributed by atoms with van der Waals surface area (Å²) < 4.78 is 2.01. The summed E-state index contributed by atoms with van der Waals surface area (Å²) >= 11 is 1.71. The van der Waals surface area contributed by atoms with E-state index in [1.807, 2.05) is 11.6 Å². The van der Waals surface area contributed by atoms with Crippen LogP contribution < -0.4 is 5.73 Å². The first-order chi connectivity index (χ1) is 8.90. The smallest absolute Gasteiger partial charge is 0.122 e. The van der Waals surface area contributed by atoms with Gasteiger partial charge in [0.05, 0.1) is 11.4 Å². The van der Waals surface area contributed by atoms with Crippen molar-refractivity contribution in [3.05, 3.63) is 35.0 Å². The fourth-order valence-electron chi connectivity index (χ4n) is 1.91. The Balaban J connectivity index is 2.45. The van der Waals surface area contributed by atoms with Crippen molar-refractivity contribution in [3.63, 3.8) is 0 Å². The van der Waals surface area contributed by atoms with Crippen LogP contribution in [0.3, 0.4) is 0 Å². The second-order valence-electron chi connectivity index (χ2n) is 5.21. The summed E-state index contributed by atoms with van der Waals surface area (Å²) in [6.07, 6.45) is 0. The number of nitrogen functional groups attached to an aromatic ring is 1. The van der Waals surface area contributed by atoms with Crippen LogP contribution >= 0.6 is 11.8 Å². The molecule has 0 radical (unpaired) electrons. The van der Waals surface area contributed by atoms with Crippen molar-refractivity contribution in [2.24, 2.45) is 0 Å². The molecule has 0 fully saturated rings. The summed E-state index contributed by atoms with van der Waals surface area (Å²) in [5.74, 6) is 0. The summed E-state index contributed by atoms with van der Waals surface area (Å²) in [4.78, 5) is 1.24. The van der Waals surface area contributed by atoms with Gasteiger partial charge in [0, 0.05) is 10.9 Å². The van der Waals surface area contributed by atoms with Gasteiger partial charge in [0.25, 0.3) is 0 Å². The Bertz CT molecular complexity index is 600. The quantitative estimate of drug-likeness (QED) is 0.916. The normalized spacial score (nSPS) is 11.3. The predicted molar refractivity (Wildman–Crippen MR) is 81.8 cm³/mol. The molecular formula is C15H21N3S. The first-order valence-corrected chi connectivity index (χ1v) is 7.31. The van der Waals surface area contributed by atoms with Gasteiger partial charge in [0.15, 0.2) is 0 Å². The van der Waals surface area contributed by atoms with Crippen molar-refractivity contribution in [2.75, 3.05) is 5.73 Å². The third kappa shape index (κ3) is 2.78. The highest BCUT2D eigenvalue weighted by molar-refractivity contribution is 7.99. The molecule has 3 nitrogen and oxygen atoms in total. The molecule has 0 unspecified atom stereocenters. The molecule has 0 amide bonds. The lowest BCUT2D eigenvalue weighted by Gasteiger charge is -2.12. The second kappa shape index (κ2) is 5.29. The summed E-state index contributed by atoms with van der Waals surface area (Å²) in [6, 6.07) is 6.79. The van der Waals surface area contributed by atoms with E-state index in [9.17, 15) is 0 Å². The number of nitrogens with zero attached hydrogens (tertiary/aromatic N) is 2. The van der Waals surface area contributed by atoms with Crippen LogP contribution in [0.15, 0.2) is 28.1 Å². The van der Waals surface area contributed by atoms with Crippen molar-refractivity contribution >= 4 is 17.4 Å². The van der Waals surface area contributed by atoms with E-state index in [2.05, 4.69) is 51.0 Å². The molecule has 0 spiro atoms. The Morgan fingerprint density at radius 1 is 1.21 bits per heavy atom. The highest BCUT2D eigenvalue weighted by atomic mass is 32.2. The minimum atomic E-state index is 0.309. The van der Waals surface area contributed by atoms with E-state index >= 15 is 0 Å². The topological polar surface area (TPSA) is 43.8 Å². The number of hydrogen-bond donors (Lipinski definition) is 1. The van der Waals surface area contributed by atoms with Gasteiger partial charge in [0.2, 0.25) is 0 Å². The third-order valence-electron chi connectivity index (χ3n) is 3.13. The molecule has 102 valence electrons. The third-order valence-corrected chi connectivity index (χ3v) is 4.39. The predicted octanol–water partition coefficient (Wildman–Crippen LogP) is 4.12. The summed E-state index contributed by atoms with van der Waals surface area (Å²) in [6.45, 7) is 10.4. The van der Waals surface area contributed by atoms with Gasteiger partial charge < -0.3 is 5.73 Å². The number of aryl methyl sites for hydroxylation is 3. The van der Waals surface area contributed by atoms with Gasteiger partial charge in [0.1, 0.15) is 5.03 Å². The molecule has 0 saturated heterocycles. The standard InChI is InChI=1S/C15H21N3S/c1-9(2)18-15(14(16)12(5)17-18)19-13-8-10(3)6-7-11(13)4/h6-9H,16H2,1-5H3. The molecule has 0 aliphatic carbocycles. The lowest BCUT2D eigenvalue weighted by Crippen LogP contribution is -2.04. The van der Waals surface area contributed by atoms with E-state index in [1.54, 1.807) is 11.8 Å². The number of hydrogen-bond acceptors (Lipinski definition) is 3. The zero-order valence-corrected chi connectivity index (χ0v) is 13.0. The maximum atomic E-state index is 6.17. The van der Waals surface area contributed by atoms with Gasteiger partial charge in [-0.25, -0.2) is 0 Å². The molecule has 19 heavy (non-hydrogen) atoms. The van der Waals surface area contributed by atoms with Crippen LogP contribution in [-0.4, -0.2) is 9.78 Å². The van der Waals surface area contributed by atoms with Gasteiger partial charge in [-0.3, -0.25) is 4.68 Å². The molecule has 1 aromatic heterocycles. The minimum absolute atomic E-state index is 0.309. The van der Waals surface area contributed by atoms with Crippen LogP contribution in [0.25, 0.3) is 0 Å². The summed E-state index contributed by atoms with van der Waals surface area (Å²) in [5.41, 5.74) is 10.4. The van der Waals surface area contributed by atoms with E-state index in [0.29, 0.717) is 6.04 Å². The fourth-order valence-corrected chi connectivity index (χ4v) is 3.20. The number of rotatable bonds is 3. The Hall–Kier alpha value is -1.42. The van der Waals surface area contributed by atoms with E-state index in [1.165, 1.54) is 16.0 Å². The van der Waals surface area contributed by atoms with Crippen LogP contribution in [0.4, 0.5) is 5.69 Å². The zero-order chi connectivity index (χ0) is 14.2. The molecule has 0 saturated carbocycles. The SMILES string of the molecule is Cc1ccc(C)c(Sc2c(N)c(C)nn2C(C)C)c1. The molecule has 4 heteroatoms. The monoisotopic (exact) mass is 275 g/mol. The van der Waals surface area contributed by atoms with Gasteiger partial charge in [-0.1, -0.05) is 23.9 Å². The number of benzene rings is 1. The lowest BCUT2D eigenvalue weighted by atomic mass is 10.2. The Morgan fingerprint density at radius 3 is 2.53 bits per heavy atom.